The number of ether oxygens (including phenoxy) is 1. The molecule has 0 aliphatic carbocycles. The summed E-state index contributed by atoms with van der Waals surface area (Å²) in [6.45, 7) is 1.27. The largest absolute Gasteiger partial charge is 0.450 e. The molecule has 3 aromatic rings. The number of fused-ring (bicyclic) bond motifs is 1. The molecule has 0 atom stereocenters. The maximum absolute atomic E-state index is 12.2. The SMILES string of the molecule is Cc1c(C(=O)OCC(=O)Nc2cc(Cl)ccc2Cl)oc2ccc(Br)cc12. The molecule has 0 aliphatic rings. The molecule has 1 N–H and O–H groups in total. The van der Waals surface area contributed by atoms with E-state index in [9.17, 15) is 9.59 Å². The molecule has 0 radical (unpaired) electrons. The van der Waals surface area contributed by atoms with Crippen molar-refractivity contribution in [1.82, 2.24) is 0 Å². The Morgan fingerprint density at radius 3 is 2.73 bits per heavy atom. The lowest BCUT2D eigenvalue weighted by Gasteiger charge is -2.08. The molecule has 0 unspecified atom stereocenters. The molecule has 0 aliphatic heterocycles. The third-order valence-electron chi connectivity index (χ3n) is 3.62. The molecule has 134 valence electrons. The van der Waals surface area contributed by atoms with Crippen LogP contribution in [0.2, 0.25) is 10.0 Å². The topological polar surface area (TPSA) is 68.5 Å². The molecule has 1 heterocycles. The van der Waals surface area contributed by atoms with E-state index in [-0.39, 0.29) is 5.76 Å². The Kier molecular flexibility index (Phi) is 5.55. The van der Waals surface area contributed by atoms with Crippen LogP contribution in [0.4, 0.5) is 5.69 Å². The molecule has 0 saturated heterocycles. The highest BCUT2D eigenvalue weighted by molar-refractivity contribution is 9.10. The normalized spacial score (nSPS) is 10.8. The number of anilines is 1. The third-order valence-corrected chi connectivity index (χ3v) is 4.68. The molecule has 3 rings (SSSR count). The monoisotopic (exact) mass is 455 g/mol. The summed E-state index contributed by atoms with van der Waals surface area (Å²) in [6.07, 6.45) is 0. The first-order valence-electron chi connectivity index (χ1n) is 7.46. The predicted octanol–water partition coefficient (Wildman–Crippen LogP) is 5.61. The van der Waals surface area contributed by atoms with E-state index in [0.717, 1.165) is 9.86 Å². The standard InChI is InChI=1S/C18H12BrCl2NO4/c1-9-12-6-10(19)2-5-15(12)26-17(9)18(24)25-8-16(23)22-14-7-11(20)3-4-13(14)21/h2-7H,8H2,1H3,(H,22,23). The second-order valence-electron chi connectivity index (χ2n) is 5.45. The summed E-state index contributed by atoms with van der Waals surface area (Å²) >= 11 is 15.2. The molecule has 0 spiro atoms. The summed E-state index contributed by atoms with van der Waals surface area (Å²) in [4.78, 5) is 24.2. The summed E-state index contributed by atoms with van der Waals surface area (Å²) in [6, 6.07) is 10.1. The summed E-state index contributed by atoms with van der Waals surface area (Å²) in [5.41, 5.74) is 1.54. The first kappa shape index (κ1) is 18.8. The number of aryl methyl sites for hydroxylation is 1. The van der Waals surface area contributed by atoms with E-state index in [1.165, 1.54) is 6.07 Å². The van der Waals surface area contributed by atoms with E-state index < -0.39 is 18.5 Å². The number of halogens is 3. The number of hydrogen-bond acceptors (Lipinski definition) is 4. The number of furan rings is 1. The summed E-state index contributed by atoms with van der Waals surface area (Å²) < 4.78 is 11.4. The molecule has 1 aromatic heterocycles. The van der Waals surface area contributed by atoms with Gasteiger partial charge >= 0.3 is 5.97 Å². The summed E-state index contributed by atoms with van der Waals surface area (Å²) in [7, 11) is 0. The van der Waals surface area contributed by atoms with Gasteiger partial charge < -0.3 is 14.5 Å². The maximum atomic E-state index is 12.2. The van der Waals surface area contributed by atoms with Crippen molar-refractivity contribution in [3.63, 3.8) is 0 Å². The van der Waals surface area contributed by atoms with Gasteiger partial charge in [-0.05, 0) is 43.3 Å². The van der Waals surface area contributed by atoms with Gasteiger partial charge in [0.1, 0.15) is 5.58 Å². The van der Waals surface area contributed by atoms with E-state index in [1.807, 2.05) is 12.1 Å². The lowest BCUT2D eigenvalue weighted by atomic mass is 10.1. The number of rotatable bonds is 4. The minimum absolute atomic E-state index is 0.0617. The van der Waals surface area contributed by atoms with Crippen molar-refractivity contribution < 1.29 is 18.7 Å². The number of carbonyl (C=O) groups excluding carboxylic acids is 2. The molecule has 8 heteroatoms. The van der Waals surface area contributed by atoms with Gasteiger partial charge in [0.15, 0.2) is 6.61 Å². The first-order chi connectivity index (χ1) is 12.3. The molecule has 0 bridgehead atoms. The molecule has 5 nitrogen and oxygen atoms in total. The molecule has 0 saturated carbocycles. The fraction of sp³-hybridized carbons (Fsp3) is 0.111. The third kappa shape index (κ3) is 4.03. The van der Waals surface area contributed by atoms with E-state index in [2.05, 4.69) is 21.2 Å². The second-order valence-corrected chi connectivity index (χ2v) is 7.20. The highest BCUT2D eigenvalue weighted by Crippen LogP contribution is 2.28. The maximum Gasteiger partial charge on any atom is 0.375 e. The van der Waals surface area contributed by atoms with Gasteiger partial charge in [0.05, 0.1) is 10.7 Å². The second kappa shape index (κ2) is 7.70. The Bertz CT molecular complexity index is 1020. The Labute approximate surface area is 167 Å². The minimum atomic E-state index is -0.720. The van der Waals surface area contributed by atoms with Gasteiger partial charge in [0, 0.05) is 20.4 Å². The minimum Gasteiger partial charge on any atom is -0.450 e. The zero-order valence-corrected chi connectivity index (χ0v) is 16.5. The fourth-order valence-corrected chi connectivity index (χ4v) is 3.06. The van der Waals surface area contributed by atoms with Crippen molar-refractivity contribution in [2.24, 2.45) is 0 Å². The molecule has 2 aromatic carbocycles. The van der Waals surface area contributed by atoms with Crippen LogP contribution < -0.4 is 5.32 Å². The Hall–Kier alpha value is -2.02. The molecule has 0 fully saturated rings. The van der Waals surface area contributed by atoms with Gasteiger partial charge in [-0.2, -0.15) is 0 Å². The predicted molar refractivity (Wildman–Crippen MR) is 104 cm³/mol. The number of hydrogen-bond donors (Lipinski definition) is 1. The van der Waals surface area contributed by atoms with E-state index in [4.69, 9.17) is 32.4 Å². The number of carbonyl (C=O) groups is 2. The Morgan fingerprint density at radius 1 is 1.19 bits per heavy atom. The van der Waals surface area contributed by atoms with Crippen LogP contribution in [0.15, 0.2) is 45.3 Å². The van der Waals surface area contributed by atoms with Gasteiger partial charge in [0.2, 0.25) is 5.76 Å². The van der Waals surface area contributed by atoms with E-state index in [1.54, 1.807) is 25.1 Å². The van der Waals surface area contributed by atoms with Crippen molar-refractivity contribution in [3.8, 4) is 0 Å². The molecule has 26 heavy (non-hydrogen) atoms. The number of amides is 1. The van der Waals surface area contributed by atoms with Crippen LogP contribution in [0.25, 0.3) is 11.0 Å². The van der Waals surface area contributed by atoms with E-state index >= 15 is 0 Å². The van der Waals surface area contributed by atoms with Crippen molar-refractivity contribution in [1.29, 1.82) is 0 Å². The Morgan fingerprint density at radius 2 is 1.96 bits per heavy atom. The lowest BCUT2D eigenvalue weighted by molar-refractivity contribution is -0.119. The van der Waals surface area contributed by atoms with Crippen molar-refractivity contribution in [3.05, 3.63) is 62.2 Å². The van der Waals surface area contributed by atoms with Crippen LogP contribution in [0, 0.1) is 6.92 Å². The summed E-state index contributed by atoms with van der Waals surface area (Å²) in [5, 5.41) is 4.08. The lowest BCUT2D eigenvalue weighted by Crippen LogP contribution is -2.21. The van der Waals surface area contributed by atoms with Gasteiger partial charge in [-0.15, -0.1) is 0 Å². The average molecular weight is 457 g/mol. The van der Waals surface area contributed by atoms with Crippen LogP contribution in [-0.2, 0) is 9.53 Å². The van der Waals surface area contributed by atoms with Gasteiger partial charge in [-0.3, -0.25) is 4.79 Å². The zero-order valence-electron chi connectivity index (χ0n) is 13.4. The zero-order chi connectivity index (χ0) is 18.8. The highest BCUT2D eigenvalue weighted by Gasteiger charge is 2.20. The van der Waals surface area contributed by atoms with Gasteiger partial charge in [-0.1, -0.05) is 39.1 Å². The van der Waals surface area contributed by atoms with Gasteiger partial charge in [-0.25, -0.2) is 4.79 Å². The van der Waals surface area contributed by atoms with E-state index in [0.29, 0.717) is 26.9 Å². The number of benzene rings is 2. The first-order valence-corrected chi connectivity index (χ1v) is 9.00. The van der Waals surface area contributed by atoms with Crippen LogP contribution in [-0.4, -0.2) is 18.5 Å². The number of esters is 1. The fourth-order valence-electron chi connectivity index (χ4n) is 2.36. The average Bonchev–Trinajstić information content (AvgIpc) is 2.92. The molecule has 1 amide bonds. The van der Waals surface area contributed by atoms with Crippen LogP contribution >= 0.6 is 39.1 Å². The van der Waals surface area contributed by atoms with Crippen LogP contribution in [0.3, 0.4) is 0 Å². The highest BCUT2D eigenvalue weighted by atomic mass is 79.9. The molecular formula is C18H12BrCl2NO4. The van der Waals surface area contributed by atoms with Crippen LogP contribution in [0.5, 0.6) is 0 Å². The molecular weight excluding hydrogens is 445 g/mol. The van der Waals surface area contributed by atoms with Gasteiger partial charge in [0.25, 0.3) is 5.91 Å². The smallest absolute Gasteiger partial charge is 0.375 e. The summed E-state index contributed by atoms with van der Waals surface area (Å²) in [5.74, 6) is -1.20. The quantitative estimate of drug-likeness (QED) is 0.518. The Balaban J connectivity index is 1.68. The van der Waals surface area contributed by atoms with Crippen molar-refractivity contribution in [2.75, 3.05) is 11.9 Å². The van der Waals surface area contributed by atoms with Crippen molar-refractivity contribution >= 4 is 67.7 Å². The van der Waals surface area contributed by atoms with Crippen molar-refractivity contribution in [2.45, 2.75) is 6.92 Å². The number of nitrogens with one attached hydrogen (secondary N) is 1. The van der Waals surface area contributed by atoms with Crippen LogP contribution in [0.1, 0.15) is 16.1 Å².